The van der Waals surface area contributed by atoms with Gasteiger partial charge in [-0.1, -0.05) is 182 Å². The molecule has 0 aliphatic carbocycles. The maximum Gasteiger partial charge on any atom is 0.143 e. The normalized spacial score (nSPS) is 11.6. The van der Waals surface area contributed by atoms with Crippen LogP contribution < -0.4 is 0 Å². The summed E-state index contributed by atoms with van der Waals surface area (Å²) < 4.78 is 6.32. The molecule has 11 rings (SSSR count). The van der Waals surface area contributed by atoms with Crippen LogP contribution in [0.1, 0.15) is 0 Å². The Morgan fingerprint density at radius 3 is 1.40 bits per heavy atom. The second-order valence-electron chi connectivity index (χ2n) is 14.1. The van der Waals surface area contributed by atoms with E-state index in [4.69, 9.17) is 14.4 Å². The standard InChI is InChI=1S/C52H32N2O/c1-2-12-37(13-3-1)48-49(54-51-45-20-7-5-17-42(45)41-16-4-6-19-44(41)50(51)53-48)39-15-10-14-38(32-39)35-26-24-33(25-27-35)34-28-30-36(31-29-34)40-21-11-22-46-43-18-8-9-23-47(43)55-52(40)46/h1-32H. The number of furan rings is 1. The molecule has 0 N–H and O–H groups in total. The lowest BCUT2D eigenvalue weighted by Crippen LogP contribution is -1.97. The number of para-hydroxylation sites is 2. The van der Waals surface area contributed by atoms with Crippen LogP contribution in [0.2, 0.25) is 0 Å². The third-order valence-electron chi connectivity index (χ3n) is 10.9. The Morgan fingerprint density at radius 2 is 0.745 bits per heavy atom. The van der Waals surface area contributed by atoms with Crippen molar-refractivity contribution in [3.63, 3.8) is 0 Å². The molecule has 11 aromatic rings. The molecule has 0 aliphatic rings. The Morgan fingerprint density at radius 1 is 0.291 bits per heavy atom. The lowest BCUT2D eigenvalue weighted by atomic mass is 9.95. The molecule has 0 aliphatic heterocycles. The topological polar surface area (TPSA) is 38.9 Å². The van der Waals surface area contributed by atoms with Crippen LogP contribution >= 0.6 is 0 Å². The van der Waals surface area contributed by atoms with Gasteiger partial charge in [-0.15, -0.1) is 0 Å². The zero-order valence-corrected chi connectivity index (χ0v) is 29.8. The van der Waals surface area contributed by atoms with Crippen LogP contribution in [0.15, 0.2) is 199 Å². The Bertz CT molecular complexity index is 3230. The zero-order chi connectivity index (χ0) is 36.3. The Balaban J connectivity index is 0.968. The van der Waals surface area contributed by atoms with Crippen LogP contribution in [-0.2, 0) is 0 Å². The summed E-state index contributed by atoms with van der Waals surface area (Å²) >= 11 is 0. The fraction of sp³-hybridized carbons (Fsp3) is 0. The van der Waals surface area contributed by atoms with Crippen molar-refractivity contribution in [2.75, 3.05) is 0 Å². The highest BCUT2D eigenvalue weighted by atomic mass is 16.3. The first-order valence-corrected chi connectivity index (χ1v) is 18.7. The molecule has 2 aromatic heterocycles. The van der Waals surface area contributed by atoms with E-state index >= 15 is 0 Å². The SMILES string of the molecule is c1ccc(-c2nc3c4ccccc4c4ccccc4c3nc2-c2cccc(-c3ccc(-c4ccc(-c5cccc6c5oc5ccccc56)cc4)cc3)c2)cc1. The maximum atomic E-state index is 6.32. The fourth-order valence-corrected chi connectivity index (χ4v) is 8.18. The summed E-state index contributed by atoms with van der Waals surface area (Å²) in [6, 6.07) is 68.4. The number of nitrogens with zero attached hydrogens (tertiary/aromatic N) is 2. The molecule has 0 unspecified atom stereocenters. The highest BCUT2D eigenvalue weighted by molar-refractivity contribution is 6.23. The summed E-state index contributed by atoms with van der Waals surface area (Å²) in [5, 5.41) is 6.88. The molecule has 256 valence electrons. The van der Waals surface area contributed by atoms with Gasteiger partial charge in [0.05, 0.1) is 22.4 Å². The van der Waals surface area contributed by atoms with Gasteiger partial charge in [-0.2, -0.15) is 0 Å². The van der Waals surface area contributed by atoms with E-state index < -0.39 is 0 Å². The van der Waals surface area contributed by atoms with Gasteiger partial charge in [-0.25, -0.2) is 9.97 Å². The third kappa shape index (κ3) is 5.20. The van der Waals surface area contributed by atoms with Gasteiger partial charge in [-0.05, 0) is 50.7 Å². The van der Waals surface area contributed by atoms with Crippen molar-refractivity contribution in [3.05, 3.63) is 194 Å². The summed E-state index contributed by atoms with van der Waals surface area (Å²) in [6.45, 7) is 0. The average Bonchev–Trinajstić information content (AvgIpc) is 3.66. The van der Waals surface area contributed by atoms with E-state index in [1.165, 1.54) is 21.9 Å². The highest BCUT2D eigenvalue weighted by Gasteiger charge is 2.18. The van der Waals surface area contributed by atoms with Gasteiger partial charge in [0.1, 0.15) is 11.2 Å². The lowest BCUT2D eigenvalue weighted by Gasteiger charge is -2.15. The Labute approximate surface area is 317 Å². The van der Waals surface area contributed by atoms with Gasteiger partial charge in [0.15, 0.2) is 0 Å². The number of fused-ring (bicyclic) bond motifs is 9. The van der Waals surface area contributed by atoms with Crippen LogP contribution in [0.4, 0.5) is 0 Å². The number of rotatable bonds is 5. The molecule has 2 heterocycles. The number of hydrogen-bond donors (Lipinski definition) is 0. The smallest absolute Gasteiger partial charge is 0.143 e. The molecule has 0 atom stereocenters. The summed E-state index contributed by atoms with van der Waals surface area (Å²) in [7, 11) is 0. The Hall–Kier alpha value is -7.36. The van der Waals surface area contributed by atoms with Crippen LogP contribution in [0, 0.1) is 0 Å². The van der Waals surface area contributed by atoms with Crippen LogP contribution in [-0.4, -0.2) is 9.97 Å². The summed E-state index contributed by atoms with van der Waals surface area (Å²) in [5.74, 6) is 0. The molecule has 0 saturated heterocycles. The minimum absolute atomic E-state index is 0.871. The minimum Gasteiger partial charge on any atom is -0.455 e. The molecule has 3 nitrogen and oxygen atoms in total. The van der Waals surface area contributed by atoms with Gasteiger partial charge in [0.25, 0.3) is 0 Å². The van der Waals surface area contributed by atoms with Crippen molar-refractivity contribution in [1.29, 1.82) is 0 Å². The second kappa shape index (κ2) is 12.6. The molecule has 0 bridgehead atoms. The predicted molar refractivity (Wildman–Crippen MR) is 229 cm³/mol. The monoisotopic (exact) mass is 700 g/mol. The van der Waals surface area contributed by atoms with Crippen LogP contribution in [0.3, 0.4) is 0 Å². The molecule has 0 fully saturated rings. The van der Waals surface area contributed by atoms with E-state index in [2.05, 4.69) is 176 Å². The van der Waals surface area contributed by atoms with Gasteiger partial charge in [-0.3, -0.25) is 0 Å². The molecule has 3 heteroatoms. The van der Waals surface area contributed by atoms with Gasteiger partial charge < -0.3 is 4.42 Å². The first-order valence-electron chi connectivity index (χ1n) is 18.7. The van der Waals surface area contributed by atoms with E-state index in [0.29, 0.717) is 0 Å². The number of aromatic nitrogens is 2. The van der Waals surface area contributed by atoms with Crippen LogP contribution in [0.5, 0.6) is 0 Å². The molecular formula is C52H32N2O. The number of hydrogen-bond acceptors (Lipinski definition) is 3. The first kappa shape index (κ1) is 31.2. The van der Waals surface area contributed by atoms with E-state index in [1.54, 1.807) is 0 Å². The van der Waals surface area contributed by atoms with Gasteiger partial charge >= 0.3 is 0 Å². The van der Waals surface area contributed by atoms with Crippen molar-refractivity contribution in [1.82, 2.24) is 9.97 Å². The van der Waals surface area contributed by atoms with E-state index in [9.17, 15) is 0 Å². The average molecular weight is 701 g/mol. The first-order chi connectivity index (χ1) is 27.3. The summed E-state index contributed by atoms with van der Waals surface area (Å²) in [6.07, 6.45) is 0. The zero-order valence-electron chi connectivity index (χ0n) is 29.8. The molecule has 9 aromatic carbocycles. The van der Waals surface area contributed by atoms with Crippen molar-refractivity contribution in [3.8, 4) is 55.9 Å². The molecule has 0 amide bonds. The Kier molecular flexibility index (Phi) is 7.17. The number of benzene rings is 9. The molecule has 0 radical (unpaired) electrons. The predicted octanol–water partition coefficient (Wildman–Crippen LogP) is 14.2. The summed E-state index contributed by atoms with van der Waals surface area (Å²) in [5.41, 5.74) is 14.3. The quantitative estimate of drug-likeness (QED) is 0.168. The van der Waals surface area contributed by atoms with Gasteiger partial charge in [0, 0.05) is 38.2 Å². The molecule has 0 saturated carbocycles. The van der Waals surface area contributed by atoms with E-state index in [-0.39, 0.29) is 0 Å². The molecule has 55 heavy (non-hydrogen) atoms. The second-order valence-corrected chi connectivity index (χ2v) is 14.1. The molecular weight excluding hydrogens is 669 g/mol. The van der Waals surface area contributed by atoms with Crippen LogP contribution in [0.25, 0.3) is 110 Å². The maximum absolute atomic E-state index is 6.32. The van der Waals surface area contributed by atoms with Gasteiger partial charge in [0.2, 0.25) is 0 Å². The third-order valence-corrected chi connectivity index (χ3v) is 10.9. The lowest BCUT2D eigenvalue weighted by molar-refractivity contribution is 0.670. The van der Waals surface area contributed by atoms with E-state index in [1.807, 2.05) is 18.2 Å². The fourth-order valence-electron chi connectivity index (χ4n) is 8.18. The molecule has 0 spiro atoms. The largest absolute Gasteiger partial charge is 0.455 e. The van der Waals surface area contributed by atoms with Crippen molar-refractivity contribution in [2.24, 2.45) is 0 Å². The van der Waals surface area contributed by atoms with Crippen molar-refractivity contribution in [2.45, 2.75) is 0 Å². The van der Waals surface area contributed by atoms with Crippen molar-refractivity contribution < 1.29 is 4.42 Å². The highest BCUT2D eigenvalue weighted by Crippen LogP contribution is 2.40. The van der Waals surface area contributed by atoms with Crippen molar-refractivity contribution >= 4 is 54.5 Å². The summed E-state index contributed by atoms with van der Waals surface area (Å²) in [4.78, 5) is 10.9. The van der Waals surface area contributed by atoms with E-state index in [0.717, 1.165) is 88.5 Å². The minimum atomic E-state index is 0.871.